The molecule has 2 aromatic carbocycles. The number of amides is 1. The first-order chi connectivity index (χ1) is 14.7. The van der Waals surface area contributed by atoms with Crippen molar-refractivity contribution < 1.29 is 13.2 Å². The summed E-state index contributed by atoms with van der Waals surface area (Å²) < 4.78 is 29.5. The number of nitrogens with one attached hydrogen (secondary N) is 2. The summed E-state index contributed by atoms with van der Waals surface area (Å²) in [5, 5.41) is 3.77. The van der Waals surface area contributed by atoms with Crippen molar-refractivity contribution in [3.8, 4) is 0 Å². The topological polar surface area (TPSA) is 106 Å². The number of hydrogen-bond acceptors (Lipinski definition) is 5. The standard InChI is InChI=1S/C22H21N5O3S/c1-14-12-15(2)24-22(23-14)26-31(29,30)18-10-8-17(9-11-18)25-21(28)20-13-16-6-4-5-7-19(16)27(20)3/h4-13H,1-3H3,(H,25,28)(H,23,24,26). The summed E-state index contributed by atoms with van der Waals surface area (Å²) in [6.07, 6.45) is 0. The fraction of sp³-hybridized carbons (Fsp3) is 0.136. The minimum Gasteiger partial charge on any atom is -0.340 e. The number of sulfonamides is 1. The minimum atomic E-state index is -3.86. The van der Waals surface area contributed by atoms with Gasteiger partial charge in [0, 0.05) is 35.0 Å². The highest BCUT2D eigenvalue weighted by atomic mass is 32.2. The van der Waals surface area contributed by atoms with Crippen LogP contribution in [0.4, 0.5) is 11.6 Å². The first-order valence-electron chi connectivity index (χ1n) is 9.54. The Bertz CT molecular complexity index is 1370. The van der Waals surface area contributed by atoms with Crippen molar-refractivity contribution in [2.75, 3.05) is 10.0 Å². The Morgan fingerprint density at radius 3 is 2.23 bits per heavy atom. The van der Waals surface area contributed by atoms with Crippen LogP contribution < -0.4 is 10.0 Å². The Hall–Kier alpha value is -3.72. The zero-order chi connectivity index (χ0) is 22.2. The summed E-state index contributed by atoms with van der Waals surface area (Å²) in [5.41, 5.74) is 3.27. The predicted molar refractivity (Wildman–Crippen MR) is 120 cm³/mol. The van der Waals surface area contributed by atoms with Gasteiger partial charge in [0.1, 0.15) is 5.69 Å². The second-order valence-electron chi connectivity index (χ2n) is 7.21. The normalized spacial score (nSPS) is 11.5. The third-order valence-corrected chi connectivity index (χ3v) is 6.16. The number of carbonyl (C=O) groups is 1. The maximum atomic E-state index is 12.7. The number of benzene rings is 2. The van der Waals surface area contributed by atoms with Gasteiger partial charge in [0.2, 0.25) is 5.95 Å². The largest absolute Gasteiger partial charge is 0.340 e. The van der Waals surface area contributed by atoms with Crippen molar-refractivity contribution >= 4 is 38.5 Å². The molecule has 0 fully saturated rings. The van der Waals surface area contributed by atoms with E-state index in [9.17, 15) is 13.2 Å². The van der Waals surface area contributed by atoms with Crippen LogP contribution in [-0.2, 0) is 17.1 Å². The van der Waals surface area contributed by atoms with Gasteiger partial charge in [-0.25, -0.2) is 23.1 Å². The quantitative estimate of drug-likeness (QED) is 0.498. The number of carbonyl (C=O) groups excluding carboxylic acids is 1. The molecule has 4 rings (SSSR count). The van der Waals surface area contributed by atoms with Gasteiger partial charge in [-0.3, -0.25) is 4.79 Å². The van der Waals surface area contributed by atoms with E-state index in [2.05, 4.69) is 20.0 Å². The number of rotatable bonds is 5. The van der Waals surface area contributed by atoms with E-state index in [1.54, 1.807) is 19.9 Å². The first kappa shape index (κ1) is 20.5. The molecule has 0 saturated carbocycles. The lowest BCUT2D eigenvalue weighted by Gasteiger charge is -2.10. The summed E-state index contributed by atoms with van der Waals surface area (Å²) in [7, 11) is -2.03. The molecular formula is C22H21N5O3S. The number of hydrogen-bond donors (Lipinski definition) is 2. The summed E-state index contributed by atoms with van der Waals surface area (Å²) in [4.78, 5) is 21.0. The molecule has 0 unspecified atom stereocenters. The van der Waals surface area contributed by atoms with Crippen molar-refractivity contribution in [1.82, 2.24) is 14.5 Å². The number of anilines is 2. The Balaban J connectivity index is 1.52. The zero-order valence-corrected chi connectivity index (χ0v) is 18.1. The van der Waals surface area contributed by atoms with E-state index >= 15 is 0 Å². The second-order valence-corrected chi connectivity index (χ2v) is 8.89. The monoisotopic (exact) mass is 435 g/mol. The van der Waals surface area contributed by atoms with E-state index in [1.165, 1.54) is 24.3 Å². The first-order valence-corrected chi connectivity index (χ1v) is 11.0. The highest BCUT2D eigenvalue weighted by Gasteiger charge is 2.17. The molecule has 0 aliphatic heterocycles. The third kappa shape index (κ3) is 4.26. The molecule has 1 amide bonds. The van der Waals surface area contributed by atoms with Crippen molar-refractivity contribution in [2.45, 2.75) is 18.7 Å². The Kier molecular flexibility index (Phi) is 5.20. The highest BCUT2D eigenvalue weighted by molar-refractivity contribution is 7.92. The van der Waals surface area contributed by atoms with Crippen LogP contribution in [0.15, 0.2) is 65.6 Å². The summed E-state index contributed by atoms with van der Waals surface area (Å²) >= 11 is 0. The fourth-order valence-electron chi connectivity index (χ4n) is 3.37. The molecule has 2 aromatic heterocycles. The maximum absolute atomic E-state index is 12.7. The molecule has 9 heteroatoms. The molecule has 0 bridgehead atoms. The van der Waals surface area contributed by atoms with Gasteiger partial charge in [-0.15, -0.1) is 0 Å². The van der Waals surface area contributed by atoms with Crippen LogP contribution >= 0.6 is 0 Å². The van der Waals surface area contributed by atoms with Crippen LogP contribution in [0.5, 0.6) is 0 Å². The number of aromatic nitrogens is 3. The average Bonchev–Trinajstić information content (AvgIpc) is 3.04. The second kappa shape index (κ2) is 7.84. The lowest BCUT2D eigenvalue weighted by atomic mass is 10.2. The number of nitrogens with zero attached hydrogens (tertiary/aromatic N) is 3. The highest BCUT2D eigenvalue weighted by Crippen LogP contribution is 2.21. The summed E-state index contributed by atoms with van der Waals surface area (Å²) in [6.45, 7) is 3.53. The predicted octanol–water partition coefficient (Wildman–Crippen LogP) is 3.64. The van der Waals surface area contributed by atoms with Crippen LogP contribution in [0.2, 0.25) is 0 Å². The molecule has 8 nitrogen and oxygen atoms in total. The molecule has 0 radical (unpaired) electrons. The van der Waals surface area contributed by atoms with Gasteiger partial charge in [-0.2, -0.15) is 0 Å². The third-order valence-electron chi connectivity index (χ3n) is 4.81. The maximum Gasteiger partial charge on any atom is 0.272 e. The molecule has 2 N–H and O–H groups in total. The number of para-hydroxylation sites is 1. The SMILES string of the molecule is Cc1cc(C)nc(NS(=O)(=O)c2ccc(NC(=O)c3cc4ccccc4n3C)cc2)n1. The molecule has 0 spiro atoms. The Labute approximate surface area is 180 Å². The molecular weight excluding hydrogens is 414 g/mol. The van der Waals surface area contributed by atoms with E-state index in [-0.39, 0.29) is 16.8 Å². The van der Waals surface area contributed by atoms with Crippen LogP contribution in [0.1, 0.15) is 21.9 Å². The molecule has 31 heavy (non-hydrogen) atoms. The fourth-order valence-corrected chi connectivity index (χ4v) is 4.31. The zero-order valence-electron chi connectivity index (χ0n) is 17.2. The van der Waals surface area contributed by atoms with E-state index < -0.39 is 10.0 Å². The lowest BCUT2D eigenvalue weighted by Crippen LogP contribution is -2.17. The molecule has 0 aliphatic rings. The molecule has 0 saturated heterocycles. The number of fused-ring (bicyclic) bond motifs is 1. The van der Waals surface area contributed by atoms with Gasteiger partial charge < -0.3 is 9.88 Å². The van der Waals surface area contributed by atoms with Crippen LogP contribution in [0, 0.1) is 13.8 Å². The van der Waals surface area contributed by atoms with Gasteiger partial charge in [0.15, 0.2) is 0 Å². The van der Waals surface area contributed by atoms with Crippen molar-refractivity contribution in [3.05, 3.63) is 77.7 Å². The van der Waals surface area contributed by atoms with Crippen molar-refractivity contribution in [1.29, 1.82) is 0 Å². The summed E-state index contributed by atoms with van der Waals surface area (Å²) in [6, 6.07) is 17.2. The van der Waals surface area contributed by atoms with Crippen LogP contribution in [0.25, 0.3) is 10.9 Å². The van der Waals surface area contributed by atoms with Gasteiger partial charge in [0.05, 0.1) is 4.90 Å². The van der Waals surface area contributed by atoms with E-state index in [4.69, 9.17) is 0 Å². The Morgan fingerprint density at radius 1 is 0.935 bits per heavy atom. The van der Waals surface area contributed by atoms with Crippen LogP contribution in [0.3, 0.4) is 0 Å². The lowest BCUT2D eigenvalue weighted by molar-refractivity contribution is 0.101. The van der Waals surface area contributed by atoms with Gasteiger partial charge in [-0.1, -0.05) is 18.2 Å². The van der Waals surface area contributed by atoms with Crippen molar-refractivity contribution in [3.63, 3.8) is 0 Å². The molecule has 0 aliphatic carbocycles. The van der Waals surface area contributed by atoms with Gasteiger partial charge >= 0.3 is 0 Å². The molecule has 158 valence electrons. The smallest absolute Gasteiger partial charge is 0.272 e. The van der Waals surface area contributed by atoms with Gasteiger partial charge in [-0.05, 0) is 56.3 Å². The Morgan fingerprint density at radius 2 is 1.58 bits per heavy atom. The minimum absolute atomic E-state index is 0.0191. The molecule has 4 aromatic rings. The van der Waals surface area contributed by atoms with Crippen LogP contribution in [-0.4, -0.2) is 28.9 Å². The summed E-state index contributed by atoms with van der Waals surface area (Å²) in [5.74, 6) is -0.262. The molecule has 2 heterocycles. The van der Waals surface area contributed by atoms with E-state index in [0.717, 1.165) is 10.9 Å². The average molecular weight is 436 g/mol. The van der Waals surface area contributed by atoms with Gasteiger partial charge in [0.25, 0.3) is 15.9 Å². The number of aryl methyl sites for hydroxylation is 3. The molecule has 0 atom stereocenters. The van der Waals surface area contributed by atoms with E-state index in [0.29, 0.717) is 22.8 Å². The van der Waals surface area contributed by atoms with E-state index in [1.807, 2.05) is 41.9 Å². The van der Waals surface area contributed by atoms with Crippen molar-refractivity contribution in [2.24, 2.45) is 7.05 Å².